The second kappa shape index (κ2) is 4.34. The Morgan fingerprint density at radius 3 is 2.37 bits per heavy atom. The van der Waals surface area contributed by atoms with Crippen LogP contribution in [0.1, 0.15) is 6.42 Å². The molecule has 2 N–H and O–H groups in total. The van der Waals surface area contributed by atoms with Crippen LogP contribution in [-0.4, -0.2) is 53.2 Å². The molecule has 3 amide bonds. The first-order chi connectivity index (χ1) is 9.09. The van der Waals surface area contributed by atoms with Crippen LogP contribution in [0.25, 0.3) is 0 Å². The predicted molar refractivity (Wildman–Crippen MR) is 62.1 cm³/mol. The molecule has 2 unspecified atom stereocenters. The summed E-state index contributed by atoms with van der Waals surface area (Å²) in [7, 11) is 0. The van der Waals surface area contributed by atoms with Gasteiger partial charge in [-0.25, -0.2) is 4.79 Å². The van der Waals surface area contributed by atoms with E-state index in [-0.39, 0.29) is 48.9 Å². The third-order valence-corrected chi connectivity index (χ3v) is 3.84. The van der Waals surface area contributed by atoms with Crippen molar-refractivity contribution in [3.63, 3.8) is 0 Å². The largest absolute Gasteiger partial charge is 0.465 e. The number of rotatable bonds is 4. The van der Waals surface area contributed by atoms with Crippen LogP contribution in [0.15, 0.2) is 12.2 Å². The number of imide groups is 1. The number of carboxylic acid groups (broad SMARTS) is 1. The number of amides is 3. The molecule has 0 radical (unpaired) electrons. The standard InChI is InChI=1S/C12H14N2O5/c15-10-8-6-2-3-7(19-6)9(8)11(16)14(10)5-1-4-13-12(17)18/h2-3,6-9,13H,1,4-5H2,(H,17,18)/t6?,7?,8-,9+. The summed E-state index contributed by atoms with van der Waals surface area (Å²) in [5.74, 6) is -1.14. The summed E-state index contributed by atoms with van der Waals surface area (Å²) in [5.41, 5.74) is 0. The van der Waals surface area contributed by atoms with Gasteiger partial charge in [0.15, 0.2) is 0 Å². The average Bonchev–Trinajstić information content (AvgIpc) is 3.02. The van der Waals surface area contributed by atoms with E-state index in [4.69, 9.17) is 9.84 Å². The Labute approximate surface area is 109 Å². The van der Waals surface area contributed by atoms with Crippen LogP contribution in [0.2, 0.25) is 0 Å². The molecular formula is C12H14N2O5. The molecule has 3 rings (SSSR count). The maximum absolute atomic E-state index is 12.2. The molecule has 0 spiro atoms. The smallest absolute Gasteiger partial charge is 0.404 e. The van der Waals surface area contributed by atoms with Crippen molar-refractivity contribution in [2.75, 3.05) is 13.1 Å². The van der Waals surface area contributed by atoms with Crippen LogP contribution in [0.3, 0.4) is 0 Å². The lowest BCUT2D eigenvalue weighted by Gasteiger charge is -2.17. The summed E-state index contributed by atoms with van der Waals surface area (Å²) >= 11 is 0. The highest BCUT2D eigenvalue weighted by Crippen LogP contribution is 2.44. The summed E-state index contributed by atoms with van der Waals surface area (Å²) in [6, 6.07) is 0. The van der Waals surface area contributed by atoms with Crippen molar-refractivity contribution in [2.45, 2.75) is 18.6 Å². The highest BCUT2D eigenvalue weighted by Gasteiger charge is 2.60. The minimum absolute atomic E-state index is 0.192. The lowest BCUT2D eigenvalue weighted by atomic mass is 9.85. The van der Waals surface area contributed by atoms with Crippen molar-refractivity contribution < 1.29 is 24.2 Å². The summed E-state index contributed by atoms with van der Waals surface area (Å²) < 4.78 is 5.52. The maximum Gasteiger partial charge on any atom is 0.404 e. The minimum atomic E-state index is -1.11. The van der Waals surface area contributed by atoms with Crippen LogP contribution in [0.5, 0.6) is 0 Å². The van der Waals surface area contributed by atoms with E-state index in [1.165, 1.54) is 4.90 Å². The zero-order valence-electron chi connectivity index (χ0n) is 10.1. The van der Waals surface area contributed by atoms with Gasteiger partial charge in [-0.3, -0.25) is 14.5 Å². The molecule has 19 heavy (non-hydrogen) atoms. The Hall–Kier alpha value is -1.89. The van der Waals surface area contributed by atoms with E-state index in [1.807, 2.05) is 12.2 Å². The van der Waals surface area contributed by atoms with Crippen LogP contribution >= 0.6 is 0 Å². The van der Waals surface area contributed by atoms with E-state index in [0.29, 0.717) is 6.42 Å². The van der Waals surface area contributed by atoms with E-state index >= 15 is 0 Å². The normalized spacial score (nSPS) is 35.1. The number of fused-ring (bicyclic) bond motifs is 5. The van der Waals surface area contributed by atoms with Gasteiger partial charge in [-0.1, -0.05) is 12.2 Å². The Morgan fingerprint density at radius 1 is 1.26 bits per heavy atom. The number of ether oxygens (including phenoxy) is 1. The van der Waals surface area contributed by atoms with Crippen molar-refractivity contribution in [1.29, 1.82) is 0 Å². The van der Waals surface area contributed by atoms with Gasteiger partial charge in [0.1, 0.15) is 0 Å². The van der Waals surface area contributed by atoms with Crippen LogP contribution < -0.4 is 5.32 Å². The Kier molecular flexibility index (Phi) is 2.78. The molecule has 7 nitrogen and oxygen atoms in total. The first-order valence-corrected chi connectivity index (χ1v) is 6.25. The lowest BCUT2D eigenvalue weighted by molar-refractivity contribution is -0.142. The number of carbonyl (C=O) groups is 3. The highest BCUT2D eigenvalue weighted by atomic mass is 16.5. The first-order valence-electron chi connectivity index (χ1n) is 6.25. The number of hydrogen-bond acceptors (Lipinski definition) is 4. The van der Waals surface area contributed by atoms with E-state index in [2.05, 4.69) is 5.32 Å². The molecule has 0 aliphatic carbocycles. The molecule has 2 bridgehead atoms. The zero-order chi connectivity index (χ0) is 13.6. The Balaban J connectivity index is 1.61. The average molecular weight is 266 g/mol. The number of hydrogen-bond donors (Lipinski definition) is 2. The Morgan fingerprint density at radius 2 is 1.84 bits per heavy atom. The van der Waals surface area contributed by atoms with Crippen molar-refractivity contribution in [3.05, 3.63) is 12.2 Å². The molecule has 2 fully saturated rings. The lowest BCUT2D eigenvalue weighted by Crippen LogP contribution is -2.36. The van der Waals surface area contributed by atoms with Gasteiger partial charge >= 0.3 is 6.09 Å². The van der Waals surface area contributed by atoms with Gasteiger partial charge in [0.2, 0.25) is 11.8 Å². The van der Waals surface area contributed by atoms with Crippen LogP contribution in [0.4, 0.5) is 4.79 Å². The molecule has 3 aliphatic rings. The van der Waals surface area contributed by atoms with Gasteiger partial charge in [-0.2, -0.15) is 0 Å². The Bertz CT molecular complexity index is 445. The molecule has 3 heterocycles. The second-order valence-corrected chi connectivity index (χ2v) is 4.92. The predicted octanol–water partition coefficient (Wildman–Crippen LogP) is -0.417. The summed E-state index contributed by atoms with van der Waals surface area (Å²) in [6.45, 7) is 0.480. The molecule has 4 atom stereocenters. The summed E-state index contributed by atoms with van der Waals surface area (Å²) in [6.07, 6.45) is 2.46. The summed E-state index contributed by atoms with van der Waals surface area (Å²) in [4.78, 5) is 35.9. The summed E-state index contributed by atoms with van der Waals surface area (Å²) in [5, 5.41) is 10.6. The van der Waals surface area contributed by atoms with Gasteiger partial charge in [-0.05, 0) is 6.42 Å². The van der Waals surface area contributed by atoms with Crippen molar-refractivity contribution in [3.8, 4) is 0 Å². The molecule has 0 aromatic carbocycles. The number of nitrogens with zero attached hydrogens (tertiary/aromatic N) is 1. The third-order valence-electron chi connectivity index (χ3n) is 3.84. The van der Waals surface area contributed by atoms with Crippen molar-refractivity contribution >= 4 is 17.9 Å². The molecule has 102 valence electrons. The van der Waals surface area contributed by atoms with Crippen molar-refractivity contribution in [1.82, 2.24) is 10.2 Å². The van der Waals surface area contributed by atoms with E-state index in [9.17, 15) is 14.4 Å². The topological polar surface area (TPSA) is 95.9 Å². The molecule has 2 saturated heterocycles. The monoisotopic (exact) mass is 266 g/mol. The fourth-order valence-corrected chi connectivity index (χ4v) is 3.02. The van der Waals surface area contributed by atoms with Gasteiger partial charge in [0.25, 0.3) is 0 Å². The fraction of sp³-hybridized carbons (Fsp3) is 0.583. The molecule has 7 heteroatoms. The minimum Gasteiger partial charge on any atom is -0.465 e. The van der Waals surface area contributed by atoms with E-state index in [0.717, 1.165) is 0 Å². The maximum atomic E-state index is 12.2. The number of carbonyl (C=O) groups excluding carboxylic acids is 2. The second-order valence-electron chi connectivity index (χ2n) is 4.92. The molecular weight excluding hydrogens is 252 g/mol. The zero-order valence-corrected chi connectivity index (χ0v) is 10.1. The quantitative estimate of drug-likeness (QED) is 0.409. The van der Waals surface area contributed by atoms with Gasteiger partial charge in [-0.15, -0.1) is 0 Å². The molecule has 0 saturated carbocycles. The van der Waals surface area contributed by atoms with Gasteiger partial charge < -0.3 is 15.2 Å². The molecule has 0 aromatic heterocycles. The molecule has 0 aromatic rings. The SMILES string of the molecule is O=C(O)NCCCN1C(=O)[C@@H]2C3C=CC(O3)[C@@H]2C1=O. The van der Waals surface area contributed by atoms with E-state index < -0.39 is 6.09 Å². The molecule has 3 aliphatic heterocycles. The number of nitrogens with one attached hydrogen (secondary N) is 1. The number of likely N-dealkylation sites (tertiary alicyclic amines) is 1. The van der Waals surface area contributed by atoms with E-state index in [1.54, 1.807) is 0 Å². The fourth-order valence-electron chi connectivity index (χ4n) is 3.02. The van der Waals surface area contributed by atoms with Crippen molar-refractivity contribution in [2.24, 2.45) is 11.8 Å². The van der Waals surface area contributed by atoms with Crippen LogP contribution in [0, 0.1) is 11.8 Å². The highest BCUT2D eigenvalue weighted by molar-refractivity contribution is 6.06. The van der Waals surface area contributed by atoms with Gasteiger partial charge in [0, 0.05) is 13.1 Å². The first kappa shape index (κ1) is 12.2. The van der Waals surface area contributed by atoms with Crippen LogP contribution in [-0.2, 0) is 14.3 Å². The third kappa shape index (κ3) is 1.81. The van der Waals surface area contributed by atoms with Gasteiger partial charge in [0.05, 0.1) is 24.0 Å².